The van der Waals surface area contributed by atoms with Crippen molar-refractivity contribution in [1.82, 2.24) is 4.57 Å². The molecule has 1 aliphatic heterocycles. The Balaban J connectivity index is 1.42. The second-order valence-corrected chi connectivity index (χ2v) is 12.5. The summed E-state index contributed by atoms with van der Waals surface area (Å²) in [5.74, 6) is 0. The van der Waals surface area contributed by atoms with Crippen LogP contribution in [0.4, 0.5) is 5.69 Å². The van der Waals surface area contributed by atoms with Gasteiger partial charge in [0.2, 0.25) is 11.4 Å². The number of aryl methyl sites for hydroxylation is 1. The zero-order chi connectivity index (χ0) is 29.1. The van der Waals surface area contributed by atoms with Gasteiger partial charge in [-0.15, -0.1) is 0 Å². The summed E-state index contributed by atoms with van der Waals surface area (Å²) in [6.45, 7) is 5.38. The van der Waals surface area contributed by atoms with E-state index in [1.165, 1.54) is 12.1 Å². The Kier molecular flexibility index (Phi) is 6.46. The molecule has 8 nitrogen and oxygen atoms in total. The van der Waals surface area contributed by atoms with Gasteiger partial charge in [-0.25, -0.2) is 0 Å². The first kappa shape index (κ1) is 27.1. The summed E-state index contributed by atoms with van der Waals surface area (Å²) in [5.41, 5.74) is 3.58. The normalized spacial score (nSPS) is 14.8. The van der Waals surface area contributed by atoms with E-state index in [1.807, 2.05) is 56.4 Å². The summed E-state index contributed by atoms with van der Waals surface area (Å²) in [7, 11) is -8.74. The third-order valence-electron chi connectivity index (χ3n) is 7.59. The highest BCUT2D eigenvalue weighted by molar-refractivity contribution is 7.86. The lowest BCUT2D eigenvalue weighted by Gasteiger charge is -2.05. The topological polar surface area (TPSA) is 117 Å². The average molecular weight is 588 g/mol. The van der Waals surface area contributed by atoms with Crippen molar-refractivity contribution in [3.63, 3.8) is 0 Å². The van der Waals surface area contributed by atoms with Gasteiger partial charge in [0.1, 0.15) is 16.3 Å². The van der Waals surface area contributed by atoms with Crippen LogP contribution in [0.3, 0.4) is 0 Å². The van der Waals surface area contributed by atoms with E-state index < -0.39 is 20.2 Å². The van der Waals surface area contributed by atoms with Gasteiger partial charge in [-0.2, -0.15) is 21.4 Å². The summed E-state index contributed by atoms with van der Waals surface area (Å²) in [6, 6.07) is 17.2. The molecule has 41 heavy (non-hydrogen) atoms. The zero-order valence-electron chi connectivity index (χ0n) is 22.3. The highest BCUT2D eigenvalue weighted by Crippen LogP contribution is 2.38. The minimum Gasteiger partial charge on any atom is -0.341 e. The van der Waals surface area contributed by atoms with Crippen LogP contribution >= 0.6 is 0 Å². The van der Waals surface area contributed by atoms with E-state index >= 15 is 0 Å². The molecule has 1 aliphatic rings. The SMILES string of the molecule is CCn1\c(=C/C=C/C=C/C2=[N+](CC)c3ccc(S(=O)(=O)O)c4cccc2c34)c2cccc3c(S(=O)(=O)O)ccc1c32. The summed E-state index contributed by atoms with van der Waals surface area (Å²) in [5, 5.41) is 4.35. The molecule has 0 saturated carbocycles. The van der Waals surface area contributed by atoms with E-state index in [2.05, 4.69) is 9.14 Å². The van der Waals surface area contributed by atoms with Crippen LogP contribution in [0, 0.1) is 0 Å². The van der Waals surface area contributed by atoms with Crippen LogP contribution in [-0.4, -0.2) is 47.3 Å². The summed E-state index contributed by atoms with van der Waals surface area (Å²) in [6.07, 6.45) is 9.68. The molecule has 5 aromatic rings. The summed E-state index contributed by atoms with van der Waals surface area (Å²) < 4.78 is 71.6. The minimum atomic E-state index is -4.37. The van der Waals surface area contributed by atoms with E-state index in [-0.39, 0.29) is 9.79 Å². The highest BCUT2D eigenvalue weighted by Gasteiger charge is 2.31. The Morgan fingerprint density at radius 2 is 1.39 bits per heavy atom. The number of hydrogen-bond donors (Lipinski definition) is 2. The molecule has 0 aliphatic carbocycles. The van der Waals surface area contributed by atoms with E-state index in [0.29, 0.717) is 23.9 Å². The molecular weight excluding hydrogens is 560 g/mol. The number of allylic oxidation sites excluding steroid dienone is 4. The van der Waals surface area contributed by atoms with Gasteiger partial charge in [-0.3, -0.25) is 9.11 Å². The van der Waals surface area contributed by atoms with Crippen LogP contribution in [-0.2, 0) is 26.8 Å². The van der Waals surface area contributed by atoms with Crippen molar-refractivity contribution in [3.05, 3.63) is 95.9 Å². The monoisotopic (exact) mass is 587 g/mol. The molecule has 2 heterocycles. The first-order chi connectivity index (χ1) is 19.6. The maximum Gasteiger partial charge on any atom is 0.295 e. The van der Waals surface area contributed by atoms with Crippen LogP contribution in [0.5, 0.6) is 0 Å². The lowest BCUT2D eigenvalue weighted by molar-refractivity contribution is -0.430. The van der Waals surface area contributed by atoms with Crippen molar-refractivity contribution in [2.45, 2.75) is 30.2 Å². The zero-order valence-corrected chi connectivity index (χ0v) is 23.9. The number of nitrogens with zero attached hydrogens (tertiary/aromatic N) is 2. The molecule has 0 spiro atoms. The van der Waals surface area contributed by atoms with Crippen molar-refractivity contribution in [2.24, 2.45) is 0 Å². The minimum absolute atomic E-state index is 0.109. The van der Waals surface area contributed by atoms with Crippen molar-refractivity contribution < 1.29 is 30.5 Å². The summed E-state index contributed by atoms with van der Waals surface area (Å²) in [4.78, 5) is -0.217. The fraction of sp³-hybridized carbons (Fsp3) is 0.129. The first-order valence-corrected chi connectivity index (χ1v) is 16.0. The Morgan fingerprint density at radius 3 is 2.05 bits per heavy atom. The van der Waals surface area contributed by atoms with Crippen LogP contribution < -0.4 is 5.35 Å². The van der Waals surface area contributed by atoms with Gasteiger partial charge in [-0.05, 0) is 44.2 Å². The first-order valence-electron chi connectivity index (χ1n) is 13.1. The van der Waals surface area contributed by atoms with E-state index in [0.717, 1.165) is 44.0 Å². The third-order valence-corrected chi connectivity index (χ3v) is 9.41. The highest BCUT2D eigenvalue weighted by atomic mass is 32.2. The number of rotatable bonds is 7. The number of benzene rings is 4. The molecule has 208 valence electrons. The molecule has 0 amide bonds. The van der Waals surface area contributed by atoms with E-state index in [1.54, 1.807) is 36.4 Å². The molecule has 4 aromatic carbocycles. The second-order valence-electron chi connectivity index (χ2n) is 9.74. The van der Waals surface area contributed by atoms with Crippen molar-refractivity contribution in [2.75, 3.05) is 6.54 Å². The van der Waals surface area contributed by atoms with Gasteiger partial charge in [0.15, 0.2) is 0 Å². The van der Waals surface area contributed by atoms with Crippen LogP contribution in [0.2, 0.25) is 0 Å². The Bertz CT molecular complexity index is 2280. The van der Waals surface area contributed by atoms with Crippen molar-refractivity contribution in [3.8, 4) is 0 Å². The van der Waals surface area contributed by atoms with Gasteiger partial charge in [0.25, 0.3) is 20.2 Å². The van der Waals surface area contributed by atoms with Crippen molar-refractivity contribution >= 4 is 70.2 Å². The van der Waals surface area contributed by atoms with Crippen LogP contribution in [0.15, 0.2) is 94.8 Å². The molecule has 2 N–H and O–H groups in total. The van der Waals surface area contributed by atoms with E-state index in [9.17, 15) is 25.9 Å². The van der Waals surface area contributed by atoms with Gasteiger partial charge in [-0.1, -0.05) is 48.6 Å². The standard InChI is InChI=1S/C31H26N2O6S2/c1-3-32-24(20-10-8-12-22-28(40(34,35)36)18-16-26(32)30(20)22)14-6-5-7-15-25-21-11-9-13-23-29(41(37,38)39)19-17-27(31(21)23)33(25)4-2/h5-19H,3-4H2,1-2H3,(H-,34,35,36,37,38,39)/p+1. The van der Waals surface area contributed by atoms with E-state index in [4.69, 9.17) is 0 Å². The smallest absolute Gasteiger partial charge is 0.295 e. The molecule has 0 bridgehead atoms. The lowest BCUT2D eigenvalue weighted by Crippen LogP contribution is -2.14. The quantitative estimate of drug-likeness (QED) is 0.153. The molecule has 0 saturated heterocycles. The fourth-order valence-electron chi connectivity index (χ4n) is 6.00. The Morgan fingerprint density at radius 1 is 0.756 bits per heavy atom. The molecular formula is C31H27N2O6S2+. The lowest BCUT2D eigenvalue weighted by atomic mass is 10.0. The number of hydrogen-bond acceptors (Lipinski definition) is 4. The molecule has 0 unspecified atom stereocenters. The fourth-order valence-corrected chi connectivity index (χ4v) is 7.37. The number of aromatic nitrogens is 1. The predicted molar refractivity (Wildman–Crippen MR) is 161 cm³/mol. The average Bonchev–Trinajstić information content (AvgIpc) is 3.41. The molecule has 0 radical (unpaired) electrons. The second kappa shape index (κ2) is 9.78. The van der Waals surface area contributed by atoms with Crippen molar-refractivity contribution in [1.29, 1.82) is 0 Å². The van der Waals surface area contributed by atoms with Gasteiger partial charge in [0, 0.05) is 51.1 Å². The van der Waals surface area contributed by atoms with Crippen LogP contribution in [0.25, 0.3) is 38.5 Å². The molecule has 0 fully saturated rings. The maximum atomic E-state index is 12.0. The molecule has 6 rings (SSSR count). The molecule has 10 heteroatoms. The summed E-state index contributed by atoms with van der Waals surface area (Å²) >= 11 is 0. The third kappa shape index (κ3) is 4.31. The molecule has 0 atom stereocenters. The largest absolute Gasteiger partial charge is 0.341 e. The van der Waals surface area contributed by atoms with Gasteiger partial charge < -0.3 is 4.57 Å². The van der Waals surface area contributed by atoms with Gasteiger partial charge >= 0.3 is 0 Å². The predicted octanol–water partition coefficient (Wildman–Crippen LogP) is 5.24. The Hall–Kier alpha value is -4.09. The molecule has 1 aromatic heterocycles. The van der Waals surface area contributed by atoms with Crippen LogP contribution in [0.1, 0.15) is 19.4 Å². The maximum absolute atomic E-state index is 12.0. The van der Waals surface area contributed by atoms with Gasteiger partial charge in [0.05, 0.1) is 10.9 Å². The Labute approximate surface area is 237 Å².